The van der Waals surface area contributed by atoms with Crippen LogP contribution in [0.3, 0.4) is 0 Å². The minimum atomic E-state index is -1.04. The summed E-state index contributed by atoms with van der Waals surface area (Å²) >= 11 is 7.22. The number of carbonyl (C=O) groups is 2. The fourth-order valence-corrected chi connectivity index (χ4v) is 4.85. The topological polar surface area (TPSA) is 105 Å². The lowest BCUT2D eigenvalue weighted by Gasteiger charge is -2.33. The molecule has 0 bridgehead atoms. The molecular formula is C27H25ClN4O4S. The number of carbonyl (C=O) groups excluding carboxylic acids is 1. The number of hydrogen-bond donors (Lipinski definition) is 2. The van der Waals surface area contributed by atoms with Crippen molar-refractivity contribution < 1.29 is 14.7 Å². The van der Waals surface area contributed by atoms with E-state index in [0.29, 0.717) is 26.5 Å². The second-order valence-corrected chi connectivity index (χ2v) is 10.8. The Morgan fingerprint density at radius 2 is 1.62 bits per heavy atom. The van der Waals surface area contributed by atoms with Gasteiger partial charge in [0, 0.05) is 26.5 Å². The fourth-order valence-electron chi connectivity index (χ4n) is 3.82. The average Bonchev–Trinajstić information content (AvgIpc) is 2.83. The SMILES string of the molecule is CC(C)(C)N(C(=O)O)c1ccc(Sc2nn(NC(=O)Cc3ccc(Cl)cc3)c(=O)c3ccccc23)cc1. The highest BCUT2D eigenvalue weighted by Gasteiger charge is 2.27. The highest BCUT2D eigenvalue weighted by atomic mass is 35.5. The summed E-state index contributed by atoms with van der Waals surface area (Å²) in [5.41, 5.74) is 2.81. The quantitative estimate of drug-likeness (QED) is 0.323. The largest absolute Gasteiger partial charge is 0.465 e. The molecule has 8 nitrogen and oxygen atoms in total. The van der Waals surface area contributed by atoms with Crippen LogP contribution in [0.5, 0.6) is 0 Å². The first-order valence-corrected chi connectivity index (χ1v) is 12.6. The van der Waals surface area contributed by atoms with Crippen LogP contribution in [0.4, 0.5) is 10.5 Å². The van der Waals surface area contributed by atoms with Crippen molar-refractivity contribution in [3.05, 3.63) is 93.7 Å². The minimum absolute atomic E-state index is 0.0515. The van der Waals surface area contributed by atoms with E-state index < -0.39 is 23.1 Å². The molecular weight excluding hydrogens is 512 g/mol. The van der Waals surface area contributed by atoms with Crippen molar-refractivity contribution in [2.45, 2.75) is 42.7 Å². The molecule has 0 aliphatic heterocycles. The summed E-state index contributed by atoms with van der Waals surface area (Å²) in [4.78, 5) is 40.5. The van der Waals surface area contributed by atoms with E-state index in [9.17, 15) is 19.5 Å². The molecule has 0 spiro atoms. The van der Waals surface area contributed by atoms with Gasteiger partial charge in [-0.05, 0) is 68.8 Å². The minimum Gasteiger partial charge on any atom is -0.465 e. The van der Waals surface area contributed by atoms with Crippen LogP contribution in [0.2, 0.25) is 5.02 Å². The molecule has 1 heterocycles. The molecule has 37 heavy (non-hydrogen) atoms. The number of anilines is 1. The van der Waals surface area contributed by atoms with E-state index in [1.54, 1.807) is 66.7 Å². The molecule has 190 valence electrons. The summed E-state index contributed by atoms with van der Waals surface area (Å²) in [7, 11) is 0. The number of benzene rings is 3. The number of nitrogens with zero attached hydrogens (tertiary/aromatic N) is 3. The van der Waals surface area contributed by atoms with Gasteiger partial charge < -0.3 is 5.11 Å². The van der Waals surface area contributed by atoms with Crippen LogP contribution >= 0.6 is 23.4 Å². The predicted octanol–water partition coefficient (Wildman–Crippen LogP) is 5.80. The molecule has 1 aromatic heterocycles. The van der Waals surface area contributed by atoms with Gasteiger partial charge in [-0.3, -0.25) is 14.5 Å². The van der Waals surface area contributed by atoms with Gasteiger partial charge in [-0.25, -0.2) is 10.2 Å². The first-order valence-electron chi connectivity index (χ1n) is 11.4. The third-order valence-corrected chi connectivity index (χ3v) is 6.71. The Bertz CT molecular complexity index is 1510. The molecule has 2 amide bonds. The molecule has 0 radical (unpaired) electrons. The van der Waals surface area contributed by atoms with E-state index in [1.165, 1.54) is 16.7 Å². The Balaban J connectivity index is 1.63. The second kappa shape index (κ2) is 10.7. The maximum absolute atomic E-state index is 13.0. The highest BCUT2D eigenvalue weighted by molar-refractivity contribution is 7.99. The molecule has 4 rings (SSSR count). The predicted molar refractivity (Wildman–Crippen MR) is 146 cm³/mol. The Morgan fingerprint density at radius 3 is 2.22 bits per heavy atom. The van der Waals surface area contributed by atoms with Crippen molar-refractivity contribution in [3.8, 4) is 0 Å². The molecule has 0 aliphatic rings. The molecule has 2 N–H and O–H groups in total. The van der Waals surface area contributed by atoms with E-state index in [1.807, 2.05) is 26.8 Å². The lowest BCUT2D eigenvalue weighted by molar-refractivity contribution is -0.116. The van der Waals surface area contributed by atoms with Crippen molar-refractivity contribution in [2.75, 3.05) is 10.3 Å². The van der Waals surface area contributed by atoms with Gasteiger partial charge in [0.25, 0.3) is 5.56 Å². The van der Waals surface area contributed by atoms with Crippen molar-refractivity contribution >= 4 is 51.8 Å². The Hall–Kier alpha value is -3.82. The molecule has 10 heteroatoms. The normalized spacial score (nSPS) is 11.4. The smallest absolute Gasteiger partial charge is 0.412 e. The van der Waals surface area contributed by atoms with Gasteiger partial charge in [0.2, 0.25) is 5.91 Å². The third-order valence-electron chi connectivity index (χ3n) is 5.45. The van der Waals surface area contributed by atoms with Crippen LogP contribution in [0, 0.1) is 0 Å². The Kier molecular flexibility index (Phi) is 7.56. The van der Waals surface area contributed by atoms with Gasteiger partial charge >= 0.3 is 6.09 Å². The molecule has 3 aromatic carbocycles. The zero-order valence-electron chi connectivity index (χ0n) is 20.4. The summed E-state index contributed by atoms with van der Waals surface area (Å²) in [6.07, 6.45) is -0.988. The number of hydrogen-bond acceptors (Lipinski definition) is 5. The van der Waals surface area contributed by atoms with E-state index in [4.69, 9.17) is 11.6 Å². The molecule has 0 atom stereocenters. The van der Waals surface area contributed by atoms with Crippen molar-refractivity contribution in [1.29, 1.82) is 0 Å². The highest BCUT2D eigenvalue weighted by Crippen LogP contribution is 2.33. The maximum atomic E-state index is 13.0. The summed E-state index contributed by atoms with van der Waals surface area (Å²) in [6.45, 7) is 5.47. The monoisotopic (exact) mass is 536 g/mol. The third kappa shape index (κ3) is 6.12. The Morgan fingerprint density at radius 1 is 1.00 bits per heavy atom. The van der Waals surface area contributed by atoms with Crippen LogP contribution in [0.25, 0.3) is 10.8 Å². The van der Waals surface area contributed by atoms with Crippen LogP contribution in [-0.2, 0) is 11.2 Å². The van der Waals surface area contributed by atoms with Crippen LogP contribution in [0.1, 0.15) is 26.3 Å². The standard InChI is InChI=1S/C27H25ClN4O4S/c1-27(2,3)31(26(35)36)19-12-14-20(15-13-19)37-24-21-6-4-5-7-22(21)25(34)32(30-24)29-23(33)16-17-8-10-18(28)11-9-17/h4-15H,16H2,1-3H3,(H,29,33)(H,35,36). The van der Waals surface area contributed by atoms with Crippen molar-refractivity contribution in [3.63, 3.8) is 0 Å². The first-order chi connectivity index (χ1) is 17.5. The van der Waals surface area contributed by atoms with E-state index in [0.717, 1.165) is 15.2 Å². The maximum Gasteiger partial charge on any atom is 0.412 e. The lowest BCUT2D eigenvalue weighted by Crippen LogP contribution is -2.45. The van der Waals surface area contributed by atoms with Gasteiger partial charge in [-0.2, -0.15) is 0 Å². The molecule has 0 saturated heterocycles. The summed E-state index contributed by atoms with van der Waals surface area (Å²) in [6, 6.07) is 21.0. The van der Waals surface area contributed by atoms with Crippen molar-refractivity contribution in [2.24, 2.45) is 0 Å². The number of nitrogens with one attached hydrogen (secondary N) is 1. The van der Waals surface area contributed by atoms with Gasteiger partial charge in [0.15, 0.2) is 0 Å². The van der Waals surface area contributed by atoms with Gasteiger partial charge in [0.1, 0.15) is 5.03 Å². The first kappa shape index (κ1) is 26.2. The number of aromatic nitrogens is 2. The summed E-state index contributed by atoms with van der Waals surface area (Å²) in [5, 5.41) is 16.2. The Labute approximate surface area is 222 Å². The number of halogens is 1. The summed E-state index contributed by atoms with van der Waals surface area (Å²) in [5.74, 6) is -0.400. The fraction of sp³-hybridized carbons (Fsp3) is 0.185. The van der Waals surface area contributed by atoms with E-state index in [-0.39, 0.29) is 6.42 Å². The number of amides is 2. The number of fused-ring (bicyclic) bond motifs is 1. The van der Waals surface area contributed by atoms with Gasteiger partial charge in [0.05, 0.1) is 11.8 Å². The number of carboxylic acid groups (broad SMARTS) is 1. The summed E-state index contributed by atoms with van der Waals surface area (Å²) < 4.78 is 0. The molecule has 0 aliphatic carbocycles. The molecule has 4 aromatic rings. The number of rotatable bonds is 6. The molecule has 0 unspecified atom stereocenters. The van der Waals surface area contributed by atoms with Crippen molar-refractivity contribution in [1.82, 2.24) is 9.89 Å². The van der Waals surface area contributed by atoms with E-state index >= 15 is 0 Å². The zero-order chi connectivity index (χ0) is 26.7. The average molecular weight is 537 g/mol. The molecule has 0 fully saturated rings. The van der Waals surface area contributed by atoms with Crippen LogP contribution in [-0.4, -0.2) is 32.5 Å². The molecule has 0 saturated carbocycles. The van der Waals surface area contributed by atoms with Crippen LogP contribution in [0.15, 0.2) is 87.5 Å². The van der Waals surface area contributed by atoms with Gasteiger partial charge in [-0.1, -0.05) is 53.7 Å². The zero-order valence-corrected chi connectivity index (χ0v) is 22.0. The van der Waals surface area contributed by atoms with E-state index in [2.05, 4.69) is 10.5 Å². The second-order valence-electron chi connectivity index (χ2n) is 9.29. The van der Waals surface area contributed by atoms with Gasteiger partial charge in [-0.15, -0.1) is 9.89 Å². The lowest BCUT2D eigenvalue weighted by atomic mass is 10.1. The van der Waals surface area contributed by atoms with Crippen LogP contribution < -0.4 is 15.9 Å².